The van der Waals surface area contributed by atoms with Crippen LogP contribution >= 0.6 is 11.3 Å². The van der Waals surface area contributed by atoms with E-state index in [1.165, 1.54) is 0 Å². The zero-order valence-electron chi connectivity index (χ0n) is 8.40. The topological polar surface area (TPSA) is 67.7 Å². The number of amidine groups is 1. The number of rotatable bonds is 3. The van der Waals surface area contributed by atoms with E-state index in [9.17, 15) is 0 Å². The molecule has 0 saturated carbocycles. The molecule has 2 aromatic heterocycles. The number of aromatic nitrogens is 2. The summed E-state index contributed by atoms with van der Waals surface area (Å²) >= 11 is 1.63. The summed E-state index contributed by atoms with van der Waals surface area (Å²) in [4.78, 5) is 1.10. The third-order valence-electron chi connectivity index (χ3n) is 2.13. The third-order valence-corrected chi connectivity index (χ3v) is 3.02. The molecule has 0 amide bonds. The van der Waals surface area contributed by atoms with E-state index in [4.69, 9.17) is 11.1 Å². The Balaban J connectivity index is 2.48. The Bertz CT molecular complexity index is 470. The van der Waals surface area contributed by atoms with Gasteiger partial charge in [0.05, 0.1) is 4.88 Å². The van der Waals surface area contributed by atoms with Gasteiger partial charge in [0, 0.05) is 6.54 Å². The van der Waals surface area contributed by atoms with Crippen LogP contribution in [-0.2, 0) is 6.54 Å². The van der Waals surface area contributed by atoms with E-state index in [1.54, 1.807) is 16.0 Å². The van der Waals surface area contributed by atoms with Crippen LogP contribution in [0.25, 0.3) is 10.6 Å². The van der Waals surface area contributed by atoms with Crippen molar-refractivity contribution < 1.29 is 0 Å². The fraction of sp³-hybridized carbons (Fsp3) is 0.200. The molecule has 0 atom stereocenters. The van der Waals surface area contributed by atoms with Crippen molar-refractivity contribution in [3.05, 3.63) is 29.3 Å². The van der Waals surface area contributed by atoms with Crippen LogP contribution < -0.4 is 5.73 Å². The molecule has 2 rings (SSSR count). The van der Waals surface area contributed by atoms with E-state index in [2.05, 4.69) is 5.10 Å². The van der Waals surface area contributed by atoms with Crippen molar-refractivity contribution in [2.75, 3.05) is 0 Å². The van der Waals surface area contributed by atoms with Crippen LogP contribution in [-0.4, -0.2) is 15.6 Å². The second kappa shape index (κ2) is 3.86. The van der Waals surface area contributed by atoms with Crippen molar-refractivity contribution in [3.8, 4) is 10.6 Å². The second-order valence-electron chi connectivity index (χ2n) is 3.12. The average Bonchev–Trinajstić information content (AvgIpc) is 2.86. The zero-order chi connectivity index (χ0) is 10.8. The van der Waals surface area contributed by atoms with Crippen LogP contribution in [0.15, 0.2) is 23.6 Å². The normalized spacial score (nSPS) is 10.5. The maximum absolute atomic E-state index is 7.44. The van der Waals surface area contributed by atoms with Gasteiger partial charge < -0.3 is 5.73 Å². The fourth-order valence-corrected chi connectivity index (χ4v) is 2.10. The van der Waals surface area contributed by atoms with Gasteiger partial charge in [-0.3, -0.25) is 10.1 Å². The van der Waals surface area contributed by atoms with Gasteiger partial charge in [0.2, 0.25) is 0 Å². The predicted octanol–water partition coefficient (Wildman–Crippen LogP) is 1.92. The molecule has 0 radical (unpaired) electrons. The molecule has 0 saturated heterocycles. The Morgan fingerprint density at radius 1 is 1.67 bits per heavy atom. The lowest BCUT2D eigenvalue weighted by Gasteiger charge is -2.00. The largest absolute Gasteiger partial charge is 0.382 e. The third kappa shape index (κ3) is 1.78. The Kier molecular flexibility index (Phi) is 2.55. The number of nitrogen functional groups attached to an aromatic ring is 1. The maximum atomic E-state index is 7.44. The van der Waals surface area contributed by atoms with Gasteiger partial charge in [0.15, 0.2) is 0 Å². The first kappa shape index (κ1) is 9.92. The molecule has 0 aliphatic rings. The lowest BCUT2D eigenvalue weighted by atomic mass is 10.3. The number of nitrogens with zero attached hydrogens (tertiary/aromatic N) is 2. The fourth-order valence-electron chi connectivity index (χ4n) is 1.42. The molecule has 78 valence electrons. The minimum Gasteiger partial charge on any atom is -0.382 e. The van der Waals surface area contributed by atoms with Gasteiger partial charge in [-0.1, -0.05) is 6.07 Å². The molecule has 0 aliphatic heterocycles. The highest BCUT2D eigenvalue weighted by Crippen LogP contribution is 2.23. The molecule has 0 spiro atoms. The van der Waals surface area contributed by atoms with E-state index in [0.29, 0.717) is 5.69 Å². The monoisotopic (exact) mass is 220 g/mol. The maximum Gasteiger partial charge on any atom is 0.141 e. The smallest absolute Gasteiger partial charge is 0.141 e. The summed E-state index contributed by atoms with van der Waals surface area (Å²) in [6.45, 7) is 2.71. The quantitative estimate of drug-likeness (QED) is 0.613. The summed E-state index contributed by atoms with van der Waals surface area (Å²) in [5.41, 5.74) is 7.05. The van der Waals surface area contributed by atoms with Crippen molar-refractivity contribution in [2.45, 2.75) is 13.5 Å². The Labute approximate surface area is 91.9 Å². The van der Waals surface area contributed by atoms with Crippen LogP contribution in [0.4, 0.5) is 0 Å². The van der Waals surface area contributed by atoms with Gasteiger partial charge in [0.25, 0.3) is 0 Å². The summed E-state index contributed by atoms with van der Waals surface area (Å²) in [6, 6.07) is 5.85. The molecule has 2 heterocycles. The molecule has 3 N–H and O–H groups in total. The van der Waals surface area contributed by atoms with Crippen molar-refractivity contribution >= 4 is 17.2 Å². The summed E-state index contributed by atoms with van der Waals surface area (Å²) in [7, 11) is 0. The summed E-state index contributed by atoms with van der Waals surface area (Å²) in [6.07, 6.45) is 0. The van der Waals surface area contributed by atoms with Gasteiger partial charge in [0.1, 0.15) is 17.2 Å². The molecule has 5 heteroatoms. The lowest BCUT2D eigenvalue weighted by molar-refractivity contribution is 0.655. The van der Waals surface area contributed by atoms with Gasteiger partial charge in [-0.15, -0.1) is 11.3 Å². The SMILES string of the molecule is CCn1nc(-c2cccs2)cc1C(=N)N. The Hall–Kier alpha value is -1.62. The predicted molar refractivity (Wildman–Crippen MR) is 62.2 cm³/mol. The van der Waals surface area contributed by atoms with Crippen LogP contribution in [0.1, 0.15) is 12.6 Å². The van der Waals surface area contributed by atoms with Gasteiger partial charge in [-0.05, 0) is 24.4 Å². The van der Waals surface area contributed by atoms with Crippen molar-refractivity contribution in [1.82, 2.24) is 9.78 Å². The van der Waals surface area contributed by atoms with Gasteiger partial charge >= 0.3 is 0 Å². The molecule has 15 heavy (non-hydrogen) atoms. The van der Waals surface area contributed by atoms with E-state index < -0.39 is 0 Å². The van der Waals surface area contributed by atoms with Crippen LogP contribution in [0, 0.1) is 5.41 Å². The number of aryl methyl sites for hydroxylation is 1. The average molecular weight is 220 g/mol. The van der Waals surface area contributed by atoms with E-state index in [-0.39, 0.29) is 5.84 Å². The van der Waals surface area contributed by atoms with Crippen molar-refractivity contribution in [3.63, 3.8) is 0 Å². The summed E-state index contributed by atoms with van der Waals surface area (Å²) in [5, 5.41) is 13.8. The number of hydrogen-bond donors (Lipinski definition) is 2. The van der Waals surface area contributed by atoms with Crippen molar-refractivity contribution in [2.24, 2.45) is 5.73 Å². The first-order chi connectivity index (χ1) is 7.22. The molecule has 2 aromatic rings. The first-order valence-electron chi connectivity index (χ1n) is 4.68. The van der Waals surface area contributed by atoms with E-state index in [1.807, 2.05) is 30.5 Å². The number of hydrogen-bond acceptors (Lipinski definition) is 3. The Morgan fingerprint density at radius 3 is 2.93 bits per heavy atom. The van der Waals surface area contributed by atoms with Gasteiger partial charge in [-0.25, -0.2) is 0 Å². The summed E-state index contributed by atoms with van der Waals surface area (Å²) in [5.74, 6) is 0.0622. The molecule has 0 aromatic carbocycles. The highest BCUT2D eigenvalue weighted by Gasteiger charge is 2.10. The number of nitrogens with two attached hydrogens (primary N) is 1. The molecule has 4 nitrogen and oxygen atoms in total. The highest BCUT2D eigenvalue weighted by atomic mass is 32.1. The van der Waals surface area contributed by atoms with Crippen LogP contribution in [0.3, 0.4) is 0 Å². The molecular weight excluding hydrogens is 208 g/mol. The zero-order valence-corrected chi connectivity index (χ0v) is 9.21. The van der Waals surface area contributed by atoms with E-state index in [0.717, 1.165) is 17.1 Å². The minimum atomic E-state index is 0.0622. The highest BCUT2D eigenvalue weighted by molar-refractivity contribution is 7.13. The standard InChI is InChI=1S/C10H12N4S/c1-2-14-8(10(11)12)6-7(13-14)9-4-3-5-15-9/h3-6H,2H2,1H3,(H3,11,12). The van der Waals surface area contributed by atoms with E-state index >= 15 is 0 Å². The molecule has 0 aliphatic carbocycles. The second-order valence-corrected chi connectivity index (χ2v) is 4.07. The van der Waals surface area contributed by atoms with Gasteiger partial charge in [-0.2, -0.15) is 5.10 Å². The molecular formula is C10H12N4S. The molecule has 0 fully saturated rings. The molecule has 0 bridgehead atoms. The van der Waals surface area contributed by atoms with Crippen LogP contribution in [0.5, 0.6) is 0 Å². The molecule has 0 unspecified atom stereocenters. The number of nitrogens with one attached hydrogen (secondary N) is 1. The van der Waals surface area contributed by atoms with Crippen LogP contribution in [0.2, 0.25) is 0 Å². The Morgan fingerprint density at radius 2 is 2.47 bits per heavy atom. The first-order valence-corrected chi connectivity index (χ1v) is 5.56. The lowest BCUT2D eigenvalue weighted by Crippen LogP contribution is -2.16. The number of thiophene rings is 1. The summed E-state index contributed by atoms with van der Waals surface area (Å²) < 4.78 is 1.75. The minimum absolute atomic E-state index is 0.0622. The van der Waals surface area contributed by atoms with Crippen molar-refractivity contribution in [1.29, 1.82) is 5.41 Å².